The van der Waals surface area contributed by atoms with Gasteiger partial charge in [-0.05, 0) is 30.5 Å². The Morgan fingerprint density at radius 1 is 1.24 bits per heavy atom. The van der Waals surface area contributed by atoms with Crippen LogP contribution in [0.4, 0.5) is 4.79 Å². The van der Waals surface area contributed by atoms with E-state index in [2.05, 4.69) is 46.5 Å². The van der Waals surface area contributed by atoms with E-state index in [0.29, 0.717) is 13.2 Å². The highest BCUT2D eigenvalue weighted by Crippen LogP contribution is 2.18. The smallest absolute Gasteiger partial charge is 0.409 e. The third-order valence-corrected chi connectivity index (χ3v) is 5.78. The van der Waals surface area contributed by atoms with Gasteiger partial charge in [-0.25, -0.2) is 4.79 Å². The highest BCUT2D eigenvalue weighted by atomic mass is 28.3. The molecule has 0 aliphatic carbocycles. The zero-order chi connectivity index (χ0) is 18.9. The Labute approximate surface area is 155 Å². The van der Waals surface area contributed by atoms with Gasteiger partial charge in [0.25, 0.3) is 0 Å². The van der Waals surface area contributed by atoms with Crippen molar-refractivity contribution in [2.75, 3.05) is 26.8 Å². The maximum atomic E-state index is 12.1. The molecule has 0 aliphatic heterocycles. The minimum atomic E-state index is -1.17. The number of benzene rings is 1. The summed E-state index contributed by atoms with van der Waals surface area (Å²) >= 11 is 0. The molecule has 0 unspecified atom stereocenters. The van der Waals surface area contributed by atoms with Crippen LogP contribution in [0.1, 0.15) is 25.3 Å². The molecule has 0 bridgehead atoms. The van der Waals surface area contributed by atoms with E-state index >= 15 is 0 Å². The van der Waals surface area contributed by atoms with Crippen molar-refractivity contribution in [2.45, 2.75) is 51.9 Å². The van der Waals surface area contributed by atoms with Crippen molar-refractivity contribution < 1.29 is 14.3 Å². The lowest BCUT2D eigenvalue weighted by molar-refractivity contribution is 0.116. The molecular weight excluding hydrogens is 329 g/mol. The van der Waals surface area contributed by atoms with Crippen LogP contribution in [0, 0.1) is 0 Å². The number of carbonyl (C=O) groups is 1. The summed E-state index contributed by atoms with van der Waals surface area (Å²) in [5.74, 6) is 0.930. The number of carbonyl (C=O) groups excluding carboxylic acids is 1. The molecule has 1 rings (SSSR count). The molecule has 0 N–H and O–H groups in total. The van der Waals surface area contributed by atoms with Crippen molar-refractivity contribution in [3.8, 4) is 5.75 Å². The van der Waals surface area contributed by atoms with E-state index < -0.39 is 8.07 Å². The van der Waals surface area contributed by atoms with Crippen LogP contribution in [0.2, 0.25) is 25.7 Å². The van der Waals surface area contributed by atoms with Gasteiger partial charge < -0.3 is 14.4 Å². The van der Waals surface area contributed by atoms with Crippen LogP contribution in [-0.4, -0.2) is 53.7 Å². The van der Waals surface area contributed by atoms with Crippen molar-refractivity contribution in [2.24, 2.45) is 0 Å². The fraction of sp³-hybridized carbons (Fsp3) is 0.632. The van der Waals surface area contributed by atoms with Gasteiger partial charge in [0.1, 0.15) is 13.6 Å². The Balaban J connectivity index is 2.52. The van der Waals surface area contributed by atoms with Gasteiger partial charge in [0.2, 0.25) is 0 Å². The second-order valence-corrected chi connectivity index (χ2v) is 13.5. The average molecular weight is 363 g/mol. The summed E-state index contributed by atoms with van der Waals surface area (Å²) < 4.78 is 11.3. The molecule has 0 heterocycles. The van der Waals surface area contributed by atoms with Crippen LogP contribution in [0.15, 0.2) is 18.2 Å². The molecule has 0 aromatic heterocycles. The maximum absolute atomic E-state index is 12.1. The van der Waals surface area contributed by atoms with Crippen molar-refractivity contribution in [1.29, 1.82) is 0 Å². The van der Waals surface area contributed by atoms with Crippen LogP contribution < -0.4 is 10.2 Å². The Morgan fingerprint density at radius 2 is 1.96 bits per heavy atom. The first-order valence-electron chi connectivity index (χ1n) is 9.33. The van der Waals surface area contributed by atoms with Gasteiger partial charge in [-0.2, -0.15) is 0 Å². The SMILES string of the molecule is Bc1ccc(OCCCC)c(CCN(C)C(=O)OCC[Si](C)(C)C)c1. The predicted octanol–water partition coefficient (Wildman–Crippen LogP) is 3.07. The van der Waals surface area contributed by atoms with Crippen molar-refractivity contribution in [3.63, 3.8) is 0 Å². The molecule has 0 saturated heterocycles. The zero-order valence-electron chi connectivity index (χ0n) is 16.9. The number of hydrogen-bond donors (Lipinski definition) is 0. The minimum Gasteiger partial charge on any atom is -0.493 e. The topological polar surface area (TPSA) is 38.8 Å². The monoisotopic (exact) mass is 363 g/mol. The van der Waals surface area contributed by atoms with Gasteiger partial charge in [0.05, 0.1) is 13.2 Å². The summed E-state index contributed by atoms with van der Waals surface area (Å²) in [6.07, 6.45) is 2.70. The summed E-state index contributed by atoms with van der Waals surface area (Å²) in [5.41, 5.74) is 2.36. The van der Waals surface area contributed by atoms with E-state index in [9.17, 15) is 4.79 Å². The molecule has 25 heavy (non-hydrogen) atoms. The molecule has 0 saturated carbocycles. The van der Waals surface area contributed by atoms with Gasteiger partial charge in [0.15, 0.2) is 0 Å². The first-order chi connectivity index (χ1) is 11.7. The Hall–Kier alpha value is -1.43. The molecule has 0 atom stereocenters. The Bertz CT molecular complexity index is 546. The number of likely N-dealkylation sites (N-methyl/N-ethyl adjacent to an activating group) is 1. The number of amides is 1. The van der Waals surface area contributed by atoms with Gasteiger partial charge in [-0.15, -0.1) is 0 Å². The van der Waals surface area contributed by atoms with E-state index in [1.807, 2.05) is 6.07 Å². The third kappa shape index (κ3) is 9.00. The highest BCUT2D eigenvalue weighted by Gasteiger charge is 2.16. The zero-order valence-corrected chi connectivity index (χ0v) is 17.9. The number of nitrogens with zero attached hydrogens (tertiary/aromatic N) is 1. The molecule has 0 radical (unpaired) electrons. The summed E-state index contributed by atoms with van der Waals surface area (Å²) in [5, 5.41) is 0. The van der Waals surface area contributed by atoms with Crippen molar-refractivity contribution in [3.05, 3.63) is 23.8 Å². The molecule has 1 amide bonds. The van der Waals surface area contributed by atoms with E-state index in [1.54, 1.807) is 11.9 Å². The minimum absolute atomic E-state index is 0.237. The standard InChI is InChI=1S/C19H34BNO3Si/c1-6-7-12-23-18-9-8-17(20)15-16(18)10-11-21(2)19(22)24-13-14-25(3,4)5/h8-9,15H,6-7,10-14,20H2,1-5H3. The van der Waals surface area contributed by atoms with Crippen LogP contribution >= 0.6 is 0 Å². The van der Waals surface area contributed by atoms with E-state index in [1.165, 1.54) is 5.46 Å². The average Bonchev–Trinajstić information content (AvgIpc) is 2.53. The lowest BCUT2D eigenvalue weighted by Crippen LogP contribution is -2.31. The molecule has 0 spiro atoms. The number of rotatable bonds is 10. The summed E-state index contributed by atoms with van der Waals surface area (Å²) in [4.78, 5) is 13.8. The van der Waals surface area contributed by atoms with Crippen LogP contribution in [-0.2, 0) is 11.2 Å². The molecule has 1 aromatic carbocycles. The lowest BCUT2D eigenvalue weighted by Gasteiger charge is -2.20. The molecule has 4 nitrogen and oxygen atoms in total. The number of ether oxygens (including phenoxy) is 2. The molecule has 6 heteroatoms. The third-order valence-electron chi connectivity index (χ3n) is 4.08. The van der Waals surface area contributed by atoms with E-state index in [0.717, 1.165) is 43.2 Å². The van der Waals surface area contributed by atoms with E-state index in [-0.39, 0.29) is 6.09 Å². The lowest BCUT2D eigenvalue weighted by atomic mass is 9.93. The van der Waals surface area contributed by atoms with Crippen molar-refractivity contribution in [1.82, 2.24) is 4.90 Å². The number of hydrogen-bond acceptors (Lipinski definition) is 3. The maximum Gasteiger partial charge on any atom is 0.409 e. The van der Waals surface area contributed by atoms with Crippen molar-refractivity contribution >= 4 is 27.5 Å². The fourth-order valence-electron chi connectivity index (χ4n) is 2.31. The summed E-state index contributed by atoms with van der Waals surface area (Å²) in [7, 11) is 2.70. The molecule has 1 aromatic rings. The number of unbranched alkanes of at least 4 members (excludes halogenated alkanes) is 1. The molecule has 0 fully saturated rings. The predicted molar refractivity (Wildman–Crippen MR) is 111 cm³/mol. The fourth-order valence-corrected chi connectivity index (χ4v) is 3.02. The summed E-state index contributed by atoms with van der Waals surface area (Å²) in [6.45, 7) is 10.9. The molecule has 140 valence electrons. The van der Waals surface area contributed by atoms with Crippen LogP contribution in [0.5, 0.6) is 5.75 Å². The quantitative estimate of drug-likeness (QED) is 0.474. The van der Waals surface area contributed by atoms with Gasteiger partial charge in [-0.3, -0.25) is 0 Å². The second kappa shape index (κ2) is 10.5. The second-order valence-electron chi connectivity index (χ2n) is 7.91. The van der Waals surface area contributed by atoms with Crippen LogP contribution in [0.3, 0.4) is 0 Å². The Morgan fingerprint density at radius 3 is 2.60 bits per heavy atom. The molecule has 0 aliphatic rings. The van der Waals surface area contributed by atoms with Gasteiger partial charge >= 0.3 is 6.09 Å². The largest absolute Gasteiger partial charge is 0.493 e. The Kier molecular flexibility index (Phi) is 9.11. The highest BCUT2D eigenvalue weighted by molar-refractivity contribution is 6.76. The first-order valence-corrected chi connectivity index (χ1v) is 13.0. The van der Waals surface area contributed by atoms with Gasteiger partial charge in [0, 0.05) is 21.7 Å². The molecular formula is C19H34BNO3Si. The van der Waals surface area contributed by atoms with Crippen LogP contribution in [0.25, 0.3) is 0 Å². The summed E-state index contributed by atoms with van der Waals surface area (Å²) in [6, 6.07) is 7.25. The van der Waals surface area contributed by atoms with E-state index in [4.69, 9.17) is 9.47 Å². The van der Waals surface area contributed by atoms with Gasteiger partial charge in [-0.1, -0.05) is 50.6 Å². The first kappa shape index (κ1) is 21.6. The normalized spacial score (nSPS) is 11.2.